The fourth-order valence-electron chi connectivity index (χ4n) is 2.99. The molecular weight excluding hydrogens is 371 g/mol. The Labute approximate surface area is 160 Å². The zero-order valence-corrected chi connectivity index (χ0v) is 15.9. The fraction of sp³-hybridized carbons (Fsp3) is 0.350. The maximum atomic E-state index is 12.8. The minimum absolute atomic E-state index is 0.252. The minimum Gasteiger partial charge on any atom is -0.460 e. The quantitative estimate of drug-likeness (QED) is 0.691. The highest BCUT2D eigenvalue weighted by Crippen LogP contribution is 2.30. The third kappa shape index (κ3) is 4.39. The zero-order chi connectivity index (χ0) is 20.5. The lowest BCUT2D eigenvalue weighted by atomic mass is 10.1. The topological polar surface area (TPSA) is 50.4 Å². The van der Waals surface area contributed by atoms with Crippen molar-refractivity contribution in [2.45, 2.75) is 19.6 Å². The maximum absolute atomic E-state index is 12.8. The summed E-state index contributed by atoms with van der Waals surface area (Å²) >= 11 is 0. The summed E-state index contributed by atoms with van der Waals surface area (Å²) in [4.78, 5) is 14.6. The number of furan rings is 1. The molecule has 150 valence electrons. The maximum Gasteiger partial charge on any atom is 0.416 e. The Balaban J connectivity index is 1.89. The average molecular weight is 393 g/mol. The van der Waals surface area contributed by atoms with Crippen molar-refractivity contribution in [1.29, 1.82) is 0 Å². The average Bonchev–Trinajstić information content (AvgIpc) is 3.11. The number of nitrogens with one attached hydrogen (secondary N) is 1. The van der Waals surface area contributed by atoms with Gasteiger partial charge < -0.3 is 19.2 Å². The lowest BCUT2D eigenvalue weighted by Gasteiger charge is -2.13. The number of hydrogen-bond donors (Lipinski definition) is 1. The summed E-state index contributed by atoms with van der Waals surface area (Å²) in [6.45, 7) is 3.24. The van der Waals surface area contributed by atoms with Crippen LogP contribution in [0, 0.1) is 6.92 Å². The van der Waals surface area contributed by atoms with Crippen molar-refractivity contribution in [3.63, 3.8) is 0 Å². The standard InChI is InChI=1S/C20H22F3N3O2/c1-13-10-16-18(28-13)11-17(19(27)24-8-9-25(2)3)26(16)12-14-4-6-15(7-5-14)20(21,22)23/h4-7,10-11H,8-9,12H2,1-3H3,(H,24,27). The number of rotatable bonds is 6. The van der Waals surface area contributed by atoms with Crippen molar-refractivity contribution in [2.75, 3.05) is 27.2 Å². The van der Waals surface area contributed by atoms with Gasteiger partial charge in [0.2, 0.25) is 0 Å². The molecule has 0 bridgehead atoms. The Morgan fingerprint density at radius 3 is 2.46 bits per heavy atom. The second-order valence-corrected chi connectivity index (χ2v) is 6.98. The molecule has 0 aliphatic heterocycles. The zero-order valence-electron chi connectivity index (χ0n) is 15.9. The molecule has 28 heavy (non-hydrogen) atoms. The second kappa shape index (κ2) is 7.71. The highest BCUT2D eigenvalue weighted by molar-refractivity contribution is 5.97. The first-order valence-electron chi connectivity index (χ1n) is 8.84. The van der Waals surface area contributed by atoms with Gasteiger partial charge in [-0.1, -0.05) is 12.1 Å². The summed E-state index contributed by atoms with van der Waals surface area (Å²) in [7, 11) is 3.82. The molecule has 0 atom stereocenters. The fourth-order valence-corrected chi connectivity index (χ4v) is 2.99. The third-order valence-electron chi connectivity index (χ3n) is 4.41. The van der Waals surface area contributed by atoms with Crippen molar-refractivity contribution >= 4 is 17.0 Å². The van der Waals surface area contributed by atoms with Crippen molar-refractivity contribution in [3.8, 4) is 0 Å². The molecular formula is C20H22F3N3O2. The van der Waals surface area contributed by atoms with E-state index in [0.29, 0.717) is 35.7 Å². The first-order valence-corrected chi connectivity index (χ1v) is 8.84. The van der Waals surface area contributed by atoms with E-state index in [2.05, 4.69) is 5.32 Å². The number of aryl methyl sites for hydroxylation is 1. The molecule has 0 spiro atoms. The van der Waals surface area contributed by atoms with Gasteiger partial charge in [-0.3, -0.25) is 4.79 Å². The van der Waals surface area contributed by atoms with Gasteiger partial charge in [-0.05, 0) is 38.7 Å². The molecule has 0 unspecified atom stereocenters. The number of amides is 1. The van der Waals surface area contributed by atoms with Crippen LogP contribution in [0.15, 0.2) is 40.8 Å². The summed E-state index contributed by atoms with van der Waals surface area (Å²) in [5, 5.41) is 2.86. The number of nitrogens with zero attached hydrogens (tertiary/aromatic N) is 2. The van der Waals surface area contributed by atoms with Gasteiger partial charge in [0.15, 0.2) is 5.58 Å². The molecule has 0 aliphatic carbocycles. The van der Waals surface area contributed by atoms with Crippen LogP contribution in [0.1, 0.15) is 27.4 Å². The summed E-state index contributed by atoms with van der Waals surface area (Å²) in [6, 6.07) is 8.43. The monoisotopic (exact) mass is 393 g/mol. The first-order chi connectivity index (χ1) is 13.1. The van der Waals surface area contributed by atoms with Crippen molar-refractivity contribution in [3.05, 3.63) is 59.0 Å². The van der Waals surface area contributed by atoms with E-state index < -0.39 is 11.7 Å². The van der Waals surface area contributed by atoms with E-state index in [1.165, 1.54) is 12.1 Å². The van der Waals surface area contributed by atoms with E-state index in [9.17, 15) is 18.0 Å². The van der Waals surface area contributed by atoms with E-state index in [0.717, 1.165) is 17.6 Å². The van der Waals surface area contributed by atoms with Crippen LogP contribution in [0.2, 0.25) is 0 Å². The molecule has 1 aromatic carbocycles. The van der Waals surface area contributed by atoms with E-state index in [-0.39, 0.29) is 12.5 Å². The number of aromatic nitrogens is 1. The van der Waals surface area contributed by atoms with Crippen LogP contribution in [0.4, 0.5) is 13.2 Å². The van der Waals surface area contributed by atoms with Crippen LogP contribution in [0.5, 0.6) is 0 Å². The summed E-state index contributed by atoms with van der Waals surface area (Å²) in [5.41, 5.74) is 1.67. The highest BCUT2D eigenvalue weighted by atomic mass is 19.4. The van der Waals surface area contributed by atoms with Crippen LogP contribution in [-0.2, 0) is 12.7 Å². The van der Waals surface area contributed by atoms with E-state index in [1.807, 2.05) is 25.1 Å². The number of hydrogen-bond acceptors (Lipinski definition) is 3. The molecule has 3 rings (SSSR count). The molecule has 0 saturated carbocycles. The SMILES string of the molecule is Cc1cc2c(cc(C(=O)NCCN(C)C)n2Cc2ccc(C(F)(F)F)cc2)o1. The number of halogens is 3. The van der Waals surface area contributed by atoms with Crippen LogP contribution in [0.25, 0.3) is 11.1 Å². The molecule has 2 aromatic heterocycles. The van der Waals surface area contributed by atoms with E-state index in [1.54, 1.807) is 17.6 Å². The molecule has 8 heteroatoms. The molecule has 1 amide bonds. The summed E-state index contributed by atoms with van der Waals surface area (Å²) in [6.07, 6.45) is -4.38. The Hall–Kier alpha value is -2.74. The molecule has 0 aliphatic rings. The Kier molecular flexibility index (Phi) is 5.51. The van der Waals surface area contributed by atoms with E-state index >= 15 is 0 Å². The van der Waals surface area contributed by atoms with Gasteiger partial charge in [0.25, 0.3) is 5.91 Å². The number of fused-ring (bicyclic) bond motifs is 1. The van der Waals surface area contributed by atoms with E-state index in [4.69, 9.17) is 4.42 Å². The number of alkyl halides is 3. The number of likely N-dealkylation sites (N-methyl/N-ethyl adjacent to an activating group) is 1. The normalized spacial score (nSPS) is 12.1. The molecule has 0 saturated heterocycles. The van der Waals surface area contributed by atoms with Gasteiger partial charge in [-0.2, -0.15) is 13.2 Å². The number of carbonyl (C=O) groups excluding carboxylic acids is 1. The third-order valence-corrected chi connectivity index (χ3v) is 4.41. The summed E-state index contributed by atoms with van der Waals surface area (Å²) < 4.78 is 45.7. The van der Waals surface area contributed by atoms with Crippen molar-refractivity contribution in [2.24, 2.45) is 0 Å². The minimum atomic E-state index is -4.38. The van der Waals surface area contributed by atoms with Gasteiger partial charge in [0, 0.05) is 31.8 Å². The largest absolute Gasteiger partial charge is 0.460 e. The Bertz CT molecular complexity index is 969. The van der Waals surface area contributed by atoms with Gasteiger partial charge >= 0.3 is 6.18 Å². The van der Waals surface area contributed by atoms with Gasteiger partial charge in [0.1, 0.15) is 11.5 Å². The Morgan fingerprint density at radius 1 is 1.18 bits per heavy atom. The number of benzene rings is 1. The summed E-state index contributed by atoms with van der Waals surface area (Å²) in [5.74, 6) is 0.448. The highest BCUT2D eigenvalue weighted by Gasteiger charge is 2.30. The number of carbonyl (C=O) groups is 1. The van der Waals surface area contributed by atoms with Crippen LogP contribution < -0.4 is 5.32 Å². The van der Waals surface area contributed by atoms with Crippen LogP contribution in [-0.4, -0.2) is 42.6 Å². The molecule has 0 radical (unpaired) electrons. The van der Waals surface area contributed by atoms with Crippen LogP contribution >= 0.6 is 0 Å². The molecule has 0 fully saturated rings. The Morgan fingerprint density at radius 2 is 1.86 bits per heavy atom. The van der Waals surface area contributed by atoms with Gasteiger partial charge in [0.05, 0.1) is 11.1 Å². The van der Waals surface area contributed by atoms with Crippen molar-refractivity contribution < 1.29 is 22.4 Å². The first kappa shape index (κ1) is 20.0. The lowest BCUT2D eigenvalue weighted by molar-refractivity contribution is -0.137. The van der Waals surface area contributed by atoms with Gasteiger partial charge in [-0.25, -0.2) is 0 Å². The molecule has 1 N–H and O–H groups in total. The van der Waals surface area contributed by atoms with Crippen molar-refractivity contribution in [1.82, 2.24) is 14.8 Å². The van der Waals surface area contributed by atoms with Gasteiger partial charge in [-0.15, -0.1) is 0 Å². The smallest absolute Gasteiger partial charge is 0.416 e. The molecule has 5 nitrogen and oxygen atoms in total. The second-order valence-electron chi connectivity index (χ2n) is 6.98. The molecule has 3 aromatic rings. The molecule has 2 heterocycles. The predicted octanol–water partition coefficient (Wildman–Crippen LogP) is 3.90. The van der Waals surface area contributed by atoms with Crippen LogP contribution in [0.3, 0.4) is 0 Å². The predicted molar refractivity (Wildman–Crippen MR) is 100 cm³/mol. The lowest BCUT2D eigenvalue weighted by Crippen LogP contribution is -2.32.